The minimum absolute atomic E-state index is 0.0922. The predicted molar refractivity (Wildman–Crippen MR) is 69.5 cm³/mol. The van der Waals surface area contributed by atoms with Crippen molar-refractivity contribution in [1.29, 1.82) is 0 Å². The molecule has 0 aliphatic rings. The van der Waals surface area contributed by atoms with Gasteiger partial charge in [-0.25, -0.2) is 4.79 Å². The fourth-order valence-corrected chi connectivity index (χ4v) is 0.886. The average Bonchev–Trinajstić information content (AvgIpc) is 2.38. The lowest BCUT2D eigenvalue weighted by Crippen LogP contribution is -2.22. The summed E-state index contributed by atoms with van der Waals surface area (Å²) in [6, 6.07) is 0. The number of ether oxygens (including phenoxy) is 2. The first-order valence-corrected chi connectivity index (χ1v) is 6.34. The summed E-state index contributed by atoms with van der Waals surface area (Å²) in [5.74, 6) is -2.85. The number of rotatable bonds is 11. The fraction of sp³-hybridized carbons (Fsp3) is 0.833. The lowest BCUT2D eigenvalue weighted by molar-refractivity contribution is -0.152. The second kappa shape index (κ2) is 15.8. The zero-order valence-corrected chi connectivity index (χ0v) is 11.7. The Morgan fingerprint density at radius 3 is 1.95 bits per heavy atom. The number of hydrogen-bond acceptors (Lipinski definition) is 6. The Bertz CT molecular complexity index is 236. The topological polar surface area (TPSA) is 134 Å². The molecule has 0 aliphatic heterocycles. The van der Waals surface area contributed by atoms with Gasteiger partial charge in [-0.3, -0.25) is 4.79 Å². The molecule has 0 aromatic heterocycles. The highest BCUT2D eigenvalue weighted by molar-refractivity contribution is 5.79. The van der Waals surface area contributed by atoms with Crippen molar-refractivity contribution < 1.29 is 39.5 Å². The van der Waals surface area contributed by atoms with E-state index in [9.17, 15) is 9.59 Å². The van der Waals surface area contributed by atoms with Crippen LogP contribution in [0.5, 0.6) is 0 Å². The minimum Gasteiger partial charge on any atom is -0.481 e. The number of aliphatic carboxylic acids is 2. The van der Waals surface area contributed by atoms with Crippen molar-refractivity contribution >= 4 is 11.9 Å². The van der Waals surface area contributed by atoms with Gasteiger partial charge in [0.15, 0.2) is 6.10 Å². The van der Waals surface area contributed by atoms with Gasteiger partial charge in [0.2, 0.25) is 0 Å². The number of unbranched alkanes of at least 4 members (excludes halogenated alkanes) is 1. The van der Waals surface area contributed by atoms with E-state index in [0.29, 0.717) is 19.8 Å². The SMILES string of the molecule is CCCCOCCOCCO.O=C(O)CC(O)C(=O)O. The van der Waals surface area contributed by atoms with E-state index < -0.39 is 24.5 Å². The maximum absolute atomic E-state index is 9.72. The molecule has 1 atom stereocenters. The van der Waals surface area contributed by atoms with E-state index in [1.54, 1.807) is 0 Å². The maximum atomic E-state index is 9.72. The lowest BCUT2D eigenvalue weighted by atomic mass is 10.3. The molecule has 0 radical (unpaired) electrons. The van der Waals surface area contributed by atoms with Crippen LogP contribution in [-0.4, -0.2) is 71.5 Å². The molecule has 4 N–H and O–H groups in total. The molecule has 0 fully saturated rings. The summed E-state index contributed by atoms with van der Waals surface area (Å²) in [6.45, 7) is 4.68. The fourth-order valence-electron chi connectivity index (χ4n) is 0.886. The molecule has 0 aromatic rings. The van der Waals surface area contributed by atoms with Crippen LogP contribution in [0.25, 0.3) is 0 Å². The van der Waals surface area contributed by atoms with E-state index in [1.165, 1.54) is 0 Å². The number of aliphatic hydroxyl groups is 2. The zero-order valence-electron chi connectivity index (χ0n) is 11.7. The van der Waals surface area contributed by atoms with Crippen molar-refractivity contribution in [3.63, 3.8) is 0 Å². The summed E-state index contributed by atoms with van der Waals surface area (Å²) in [5.41, 5.74) is 0. The highest BCUT2D eigenvalue weighted by atomic mass is 16.5. The highest BCUT2D eigenvalue weighted by Crippen LogP contribution is 1.89. The summed E-state index contributed by atoms with van der Waals surface area (Å²) in [4.78, 5) is 19.4. The van der Waals surface area contributed by atoms with E-state index in [4.69, 9.17) is 29.9 Å². The van der Waals surface area contributed by atoms with Gasteiger partial charge in [-0.1, -0.05) is 13.3 Å². The van der Waals surface area contributed by atoms with Crippen LogP contribution in [0, 0.1) is 0 Å². The van der Waals surface area contributed by atoms with Crippen LogP contribution in [0.15, 0.2) is 0 Å². The molecule has 0 aromatic carbocycles. The molecule has 0 saturated carbocycles. The Kier molecular flexibility index (Phi) is 16.7. The van der Waals surface area contributed by atoms with Crippen LogP contribution in [0.2, 0.25) is 0 Å². The van der Waals surface area contributed by atoms with Crippen LogP contribution in [0.3, 0.4) is 0 Å². The Morgan fingerprint density at radius 1 is 1.05 bits per heavy atom. The molecule has 1 unspecified atom stereocenters. The lowest BCUT2D eigenvalue weighted by Gasteiger charge is -2.02. The van der Waals surface area contributed by atoms with Crippen LogP contribution >= 0.6 is 0 Å². The van der Waals surface area contributed by atoms with Gasteiger partial charge in [-0.2, -0.15) is 0 Å². The van der Waals surface area contributed by atoms with E-state index >= 15 is 0 Å². The number of carboxylic acids is 2. The summed E-state index contributed by atoms with van der Waals surface area (Å²) in [7, 11) is 0. The summed E-state index contributed by atoms with van der Waals surface area (Å²) in [6.07, 6.45) is -0.269. The highest BCUT2D eigenvalue weighted by Gasteiger charge is 2.16. The Balaban J connectivity index is 0. The van der Waals surface area contributed by atoms with Gasteiger partial charge in [-0.05, 0) is 6.42 Å². The summed E-state index contributed by atoms with van der Waals surface area (Å²) in [5, 5.41) is 32.5. The van der Waals surface area contributed by atoms with Crippen LogP contribution < -0.4 is 0 Å². The standard InChI is InChI=1S/C8H18O3.C4H6O5/c1-2-3-5-10-7-8-11-6-4-9;5-2(4(8)9)1-3(6)7/h9H,2-8H2,1H3;2,5H,1H2,(H,6,7)(H,8,9). The van der Waals surface area contributed by atoms with Crippen molar-refractivity contribution in [1.82, 2.24) is 0 Å². The van der Waals surface area contributed by atoms with Crippen molar-refractivity contribution in [3.8, 4) is 0 Å². The molecular formula is C12H24O8. The van der Waals surface area contributed by atoms with Crippen LogP contribution in [0.1, 0.15) is 26.2 Å². The normalized spacial score (nSPS) is 11.3. The van der Waals surface area contributed by atoms with Gasteiger partial charge < -0.3 is 29.9 Å². The van der Waals surface area contributed by atoms with Crippen molar-refractivity contribution in [2.45, 2.75) is 32.3 Å². The molecule has 0 bridgehead atoms. The first kappa shape index (κ1) is 21.1. The van der Waals surface area contributed by atoms with E-state index in [2.05, 4.69) is 6.92 Å². The smallest absolute Gasteiger partial charge is 0.333 e. The molecule has 0 aliphatic carbocycles. The molecule has 0 spiro atoms. The largest absolute Gasteiger partial charge is 0.481 e. The van der Waals surface area contributed by atoms with E-state index in [0.717, 1.165) is 19.4 Å². The van der Waals surface area contributed by atoms with Crippen LogP contribution in [-0.2, 0) is 19.1 Å². The van der Waals surface area contributed by atoms with Crippen molar-refractivity contribution in [2.24, 2.45) is 0 Å². The quantitative estimate of drug-likeness (QED) is 0.382. The molecule has 8 heteroatoms. The Hall–Kier alpha value is -1.22. The number of carboxylic acid groups (broad SMARTS) is 2. The molecule has 0 amide bonds. The molecule has 120 valence electrons. The Labute approximate surface area is 117 Å². The molecule has 20 heavy (non-hydrogen) atoms. The molecular weight excluding hydrogens is 272 g/mol. The maximum Gasteiger partial charge on any atom is 0.333 e. The Morgan fingerprint density at radius 2 is 1.60 bits per heavy atom. The van der Waals surface area contributed by atoms with Gasteiger partial charge in [0.25, 0.3) is 0 Å². The summed E-state index contributed by atoms with van der Waals surface area (Å²) < 4.78 is 10.2. The number of carbonyl (C=O) groups is 2. The van der Waals surface area contributed by atoms with Gasteiger partial charge >= 0.3 is 11.9 Å². The zero-order chi connectivity index (χ0) is 15.8. The van der Waals surface area contributed by atoms with Crippen molar-refractivity contribution in [3.05, 3.63) is 0 Å². The third-order valence-corrected chi connectivity index (χ3v) is 1.90. The molecule has 8 nitrogen and oxygen atoms in total. The van der Waals surface area contributed by atoms with Gasteiger partial charge in [0.05, 0.1) is 32.8 Å². The second-order valence-corrected chi connectivity index (χ2v) is 3.75. The summed E-state index contributed by atoms with van der Waals surface area (Å²) >= 11 is 0. The third-order valence-electron chi connectivity index (χ3n) is 1.90. The third kappa shape index (κ3) is 19.1. The monoisotopic (exact) mass is 296 g/mol. The van der Waals surface area contributed by atoms with Crippen molar-refractivity contribution in [2.75, 3.05) is 33.0 Å². The molecule has 0 rings (SSSR count). The first-order chi connectivity index (χ1) is 9.45. The number of aliphatic hydroxyl groups excluding tert-OH is 2. The minimum atomic E-state index is -1.79. The molecule has 0 heterocycles. The average molecular weight is 296 g/mol. The number of hydrogen-bond donors (Lipinski definition) is 4. The van der Waals surface area contributed by atoms with Gasteiger partial charge in [0.1, 0.15) is 0 Å². The predicted octanol–water partition coefficient (Wildman–Crippen LogP) is -0.281. The van der Waals surface area contributed by atoms with Gasteiger partial charge in [-0.15, -0.1) is 0 Å². The van der Waals surface area contributed by atoms with Gasteiger partial charge in [0, 0.05) is 6.61 Å². The van der Waals surface area contributed by atoms with E-state index in [-0.39, 0.29) is 6.61 Å². The molecule has 0 saturated heterocycles. The second-order valence-electron chi connectivity index (χ2n) is 3.75. The van der Waals surface area contributed by atoms with E-state index in [1.807, 2.05) is 0 Å². The first-order valence-electron chi connectivity index (χ1n) is 6.34. The van der Waals surface area contributed by atoms with Crippen LogP contribution in [0.4, 0.5) is 0 Å².